The molecule has 0 aliphatic heterocycles. The van der Waals surface area contributed by atoms with Crippen LogP contribution in [0.4, 0.5) is 0 Å². The number of methoxy groups -OCH3 is 3. The number of carbonyl (C=O) groups is 1. The van der Waals surface area contributed by atoms with Gasteiger partial charge in [0.25, 0.3) is 5.91 Å². The molecule has 0 bridgehead atoms. The van der Waals surface area contributed by atoms with Gasteiger partial charge in [0.2, 0.25) is 5.75 Å². The molecular formula is C20H22N4O4. The van der Waals surface area contributed by atoms with E-state index < -0.39 is 0 Å². The SMILES string of the molecule is COc1ccc(/C=N/NC(=O)Cn2c(C)nc3ccccc32)c(OC)c1OC. The highest BCUT2D eigenvalue weighted by atomic mass is 16.5. The standard InChI is InChI=1S/C20H22N4O4/c1-13-22-15-7-5-6-8-16(15)24(13)12-18(25)23-21-11-14-9-10-17(26-2)20(28-4)19(14)27-3/h5-11H,12H2,1-4H3,(H,23,25)/b21-11+. The first-order chi connectivity index (χ1) is 13.6. The second-order valence-electron chi connectivity index (χ2n) is 5.95. The Bertz CT molecular complexity index is 1030. The van der Waals surface area contributed by atoms with Crippen LogP contribution in [0.15, 0.2) is 41.5 Å². The number of nitrogens with zero attached hydrogens (tertiary/aromatic N) is 3. The minimum Gasteiger partial charge on any atom is -0.493 e. The van der Waals surface area contributed by atoms with E-state index in [1.807, 2.05) is 35.8 Å². The Morgan fingerprint density at radius 3 is 2.57 bits per heavy atom. The lowest BCUT2D eigenvalue weighted by Crippen LogP contribution is -2.23. The van der Waals surface area contributed by atoms with Gasteiger partial charge in [-0.1, -0.05) is 12.1 Å². The summed E-state index contributed by atoms with van der Waals surface area (Å²) >= 11 is 0. The van der Waals surface area contributed by atoms with Gasteiger partial charge < -0.3 is 18.8 Å². The molecule has 1 amide bonds. The number of benzene rings is 2. The fourth-order valence-electron chi connectivity index (χ4n) is 2.97. The van der Waals surface area contributed by atoms with Gasteiger partial charge in [-0.05, 0) is 31.2 Å². The van der Waals surface area contributed by atoms with Crippen molar-refractivity contribution in [1.29, 1.82) is 0 Å². The number of imidazole rings is 1. The van der Waals surface area contributed by atoms with E-state index in [1.165, 1.54) is 20.4 Å². The summed E-state index contributed by atoms with van der Waals surface area (Å²) in [7, 11) is 4.61. The first-order valence-corrected chi connectivity index (χ1v) is 8.61. The van der Waals surface area contributed by atoms with Crippen molar-refractivity contribution in [2.75, 3.05) is 21.3 Å². The molecule has 0 unspecified atom stereocenters. The minimum atomic E-state index is -0.262. The number of hydrogen-bond donors (Lipinski definition) is 1. The molecule has 3 aromatic rings. The second-order valence-corrected chi connectivity index (χ2v) is 5.95. The van der Waals surface area contributed by atoms with Crippen molar-refractivity contribution in [3.05, 3.63) is 47.8 Å². The summed E-state index contributed by atoms with van der Waals surface area (Å²) in [5, 5.41) is 4.04. The maximum absolute atomic E-state index is 12.3. The average molecular weight is 382 g/mol. The van der Waals surface area contributed by atoms with E-state index >= 15 is 0 Å². The number of rotatable bonds is 7. The van der Waals surface area contributed by atoms with Crippen molar-refractivity contribution >= 4 is 23.2 Å². The number of para-hydroxylation sites is 2. The van der Waals surface area contributed by atoms with E-state index in [0.29, 0.717) is 22.8 Å². The van der Waals surface area contributed by atoms with Crippen LogP contribution in [0, 0.1) is 6.92 Å². The summed E-state index contributed by atoms with van der Waals surface area (Å²) in [4.78, 5) is 16.8. The molecule has 0 spiro atoms. The Morgan fingerprint density at radius 1 is 1.11 bits per heavy atom. The number of hydrogen-bond acceptors (Lipinski definition) is 6. The zero-order chi connectivity index (χ0) is 20.1. The van der Waals surface area contributed by atoms with Gasteiger partial charge in [0, 0.05) is 5.56 Å². The Labute approximate surface area is 162 Å². The first kappa shape index (κ1) is 19.2. The van der Waals surface area contributed by atoms with E-state index in [2.05, 4.69) is 15.5 Å². The zero-order valence-corrected chi connectivity index (χ0v) is 16.2. The molecule has 8 nitrogen and oxygen atoms in total. The number of carbonyl (C=O) groups excluding carboxylic acids is 1. The molecular weight excluding hydrogens is 360 g/mol. The quantitative estimate of drug-likeness (QED) is 0.501. The lowest BCUT2D eigenvalue weighted by atomic mass is 10.2. The van der Waals surface area contributed by atoms with Crippen molar-refractivity contribution in [2.45, 2.75) is 13.5 Å². The molecule has 8 heteroatoms. The molecule has 0 saturated carbocycles. The van der Waals surface area contributed by atoms with Gasteiger partial charge >= 0.3 is 0 Å². The van der Waals surface area contributed by atoms with E-state index in [-0.39, 0.29) is 12.5 Å². The predicted molar refractivity (Wildman–Crippen MR) is 106 cm³/mol. The number of ether oxygens (including phenoxy) is 3. The van der Waals surface area contributed by atoms with Gasteiger partial charge in [-0.15, -0.1) is 0 Å². The fourth-order valence-corrected chi connectivity index (χ4v) is 2.97. The van der Waals surface area contributed by atoms with Crippen molar-refractivity contribution in [2.24, 2.45) is 5.10 Å². The number of aromatic nitrogens is 2. The van der Waals surface area contributed by atoms with Crippen molar-refractivity contribution in [3.8, 4) is 17.2 Å². The number of nitrogens with one attached hydrogen (secondary N) is 1. The Morgan fingerprint density at radius 2 is 1.86 bits per heavy atom. The molecule has 0 fully saturated rings. The summed E-state index contributed by atoms with van der Waals surface area (Å²) in [6.45, 7) is 1.98. The molecule has 1 aromatic heterocycles. The van der Waals surface area contributed by atoms with Gasteiger partial charge in [0.15, 0.2) is 11.5 Å². The van der Waals surface area contributed by atoms with Crippen LogP contribution in [0.25, 0.3) is 11.0 Å². The molecule has 146 valence electrons. The van der Waals surface area contributed by atoms with E-state index in [1.54, 1.807) is 19.2 Å². The van der Waals surface area contributed by atoms with Crippen LogP contribution in [0.3, 0.4) is 0 Å². The van der Waals surface area contributed by atoms with Crippen molar-refractivity contribution in [1.82, 2.24) is 15.0 Å². The molecule has 0 saturated heterocycles. The minimum absolute atomic E-state index is 0.118. The predicted octanol–water partition coefficient (Wildman–Crippen LogP) is 2.52. The van der Waals surface area contributed by atoms with Crippen LogP contribution >= 0.6 is 0 Å². The lowest BCUT2D eigenvalue weighted by molar-refractivity contribution is -0.121. The summed E-state index contributed by atoms with van der Waals surface area (Å²) < 4.78 is 17.8. The molecule has 0 aliphatic carbocycles. The highest BCUT2D eigenvalue weighted by molar-refractivity contribution is 5.87. The molecule has 28 heavy (non-hydrogen) atoms. The van der Waals surface area contributed by atoms with Crippen LogP contribution in [0.5, 0.6) is 17.2 Å². The van der Waals surface area contributed by atoms with E-state index in [4.69, 9.17) is 14.2 Å². The number of amides is 1. The maximum atomic E-state index is 12.3. The van der Waals surface area contributed by atoms with Crippen molar-refractivity contribution in [3.63, 3.8) is 0 Å². The van der Waals surface area contributed by atoms with Crippen LogP contribution in [0.1, 0.15) is 11.4 Å². The second kappa shape index (κ2) is 8.43. The largest absolute Gasteiger partial charge is 0.493 e. The van der Waals surface area contributed by atoms with Gasteiger partial charge in [-0.3, -0.25) is 4.79 Å². The van der Waals surface area contributed by atoms with Crippen molar-refractivity contribution < 1.29 is 19.0 Å². The smallest absolute Gasteiger partial charge is 0.260 e. The summed E-state index contributed by atoms with van der Waals surface area (Å²) in [5.41, 5.74) is 4.93. The highest BCUT2D eigenvalue weighted by Gasteiger charge is 2.15. The zero-order valence-electron chi connectivity index (χ0n) is 16.2. The Kier molecular flexibility index (Phi) is 5.78. The molecule has 2 aromatic carbocycles. The molecule has 1 heterocycles. The number of aryl methyl sites for hydroxylation is 1. The number of fused-ring (bicyclic) bond motifs is 1. The molecule has 0 radical (unpaired) electrons. The fraction of sp³-hybridized carbons (Fsp3) is 0.250. The van der Waals surface area contributed by atoms with E-state index in [9.17, 15) is 4.79 Å². The monoisotopic (exact) mass is 382 g/mol. The van der Waals surface area contributed by atoms with Crippen LogP contribution in [-0.4, -0.2) is 43.0 Å². The molecule has 1 N–H and O–H groups in total. The van der Waals surface area contributed by atoms with Crippen LogP contribution in [0.2, 0.25) is 0 Å². The molecule has 0 atom stereocenters. The Balaban J connectivity index is 1.74. The van der Waals surface area contributed by atoms with E-state index in [0.717, 1.165) is 16.9 Å². The third kappa shape index (κ3) is 3.75. The van der Waals surface area contributed by atoms with Crippen LogP contribution < -0.4 is 19.6 Å². The van der Waals surface area contributed by atoms with Gasteiger partial charge in [-0.25, -0.2) is 10.4 Å². The average Bonchev–Trinajstić information content (AvgIpc) is 3.02. The van der Waals surface area contributed by atoms with Gasteiger partial charge in [0.1, 0.15) is 12.4 Å². The van der Waals surface area contributed by atoms with Gasteiger partial charge in [0.05, 0.1) is 38.6 Å². The van der Waals surface area contributed by atoms with Crippen LogP contribution in [-0.2, 0) is 11.3 Å². The summed E-state index contributed by atoms with van der Waals surface area (Å²) in [5.74, 6) is 1.98. The highest BCUT2D eigenvalue weighted by Crippen LogP contribution is 2.38. The molecule has 0 aliphatic rings. The summed E-state index contributed by atoms with van der Waals surface area (Å²) in [6.07, 6.45) is 1.50. The maximum Gasteiger partial charge on any atom is 0.260 e. The topological polar surface area (TPSA) is 87.0 Å². The third-order valence-corrected chi connectivity index (χ3v) is 4.27. The lowest BCUT2D eigenvalue weighted by Gasteiger charge is -2.13. The number of hydrazone groups is 1. The summed E-state index contributed by atoms with van der Waals surface area (Å²) in [6, 6.07) is 11.2. The normalized spacial score (nSPS) is 11.0. The van der Waals surface area contributed by atoms with Gasteiger partial charge in [-0.2, -0.15) is 5.10 Å². The Hall–Kier alpha value is -3.55. The first-order valence-electron chi connectivity index (χ1n) is 8.61. The third-order valence-electron chi connectivity index (χ3n) is 4.27. The molecule has 3 rings (SSSR count).